The highest BCUT2D eigenvalue weighted by Crippen LogP contribution is 2.31. The van der Waals surface area contributed by atoms with Crippen LogP contribution < -0.4 is 19.6 Å². The number of carbonyl (C=O) groups is 2. The van der Waals surface area contributed by atoms with Gasteiger partial charge in [-0.05, 0) is 36.3 Å². The van der Waals surface area contributed by atoms with Gasteiger partial charge in [0.25, 0.3) is 5.56 Å². The van der Waals surface area contributed by atoms with Crippen LogP contribution >= 0.6 is 11.3 Å². The first-order valence-electron chi connectivity index (χ1n) is 9.83. The second kappa shape index (κ2) is 8.76. The van der Waals surface area contributed by atoms with Crippen molar-refractivity contribution in [2.45, 2.75) is 19.9 Å². The lowest BCUT2D eigenvalue weighted by Crippen LogP contribution is -2.39. The van der Waals surface area contributed by atoms with Gasteiger partial charge in [0, 0.05) is 6.92 Å². The smallest absolute Gasteiger partial charge is 0.338 e. The van der Waals surface area contributed by atoms with Crippen molar-refractivity contribution >= 4 is 29.4 Å². The number of nitrogens with zero attached hydrogens (tertiary/aromatic N) is 2. The Morgan fingerprint density at radius 3 is 2.41 bits per heavy atom. The van der Waals surface area contributed by atoms with E-state index in [1.54, 1.807) is 31.2 Å². The summed E-state index contributed by atoms with van der Waals surface area (Å²) in [4.78, 5) is 42.3. The first-order chi connectivity index (χ1) is 15.4. The fourth-order valence-electron chi connectivity index (χ4n) is 3.59. The molecule has 0 amide bonds. The number of benzene rings is 2. The van der Waals surface area contributed by atoms with E-state index in [0.29, 0.717) is 26.3 Å². The van der Waals surface area contributed by atoms with Crippen molar-refractivity contribution in [1.29, 1.82) is 0 Å². The zero-order valence-corrected chi connectivity index (χ0v) is 18.5. The molecule has 0 aliphatic carbocycles. The molecule has 0 saturated carbocycles. The maximum atomic E-state index is 13.4. The fourth-order valence-corrected chi connectivity index (χ4v) is 4.64. The summed E-state index contributed by atoms with van der Waals surface area (Å²) in [6.07, 6.45) is 1.81. The normalized spacial score (nSPS) is 15.7. The number of hydrogen-bond acceptors (Lipinski definition) is 7. The average molecular weight is 449 g/mol. The van der Waals surface area contributed by atoms with Gasteiger partial charge in [-0.15, -0.1) is 0 Å². The summed E-state index contributed by atoms with van der Waals surface area (Å²) in [6, 6.07) is 15.5. The molecule has 2 aromatic carbocycles. The van der Waals surface area contributed by atoms with E-state index in [4.69, 9.17) is 9.47 Å². The van der Waals surface area contributed by atoms with E-state index in [0.717, 1.165) is 5.56 Å². The second-order valence-electron chi connectivity index (χ2n) is 7.15. The zero-order valence-electron chi connectivity index (χ0n) is 17.7. The number of methoxy groups -OCH3 is 1. The number of allylic oxidation sites excluding steroid dienone is 1. The largest absolute Gasteiger partial charge is 0.466 e. The van der Waals surface area contributed by atoms with Crippen molar-refractivity contribution in [3.63, 3.8) is 0 Å². The number of thiazole rings is 1. The van der Waals surface area contributed by atoms with E-state index in [1.807, 2.05) is 36.4 Å². The maximum Gasteiger partial charge on any atom is 0.338 e. The predicted molar refractivity (Wildman–Crippen MR) is 120 cm³/mol. The van der Waals surface area contributed by atoms with Crippen LogP contribution in [0.25, 0.3) is 6.08 Å². The van der Waals surface area contributed by atoms with Crippen molar-refractivity contribution in [3.05, 3.63) is 96.7 Å². The molecule has 0 spiro atoms. The van der Waals surface area contributed by atoms with E-state index in [1.165, 1.54) is 29.9 Å². The Hall–Kier alpha value is -3.78. The van der Waals surface area contributed by atoms with Gasteiger partial charge in [-0.2, -0.15) is 0 Å². The molecule has 1 unspecified atom stereocenters. The summed E-state index contributed by atoms with van der Waals surface area (Å²) in [7, 11) is 1.30. The monoisotopic (exact) mass is 448 g/mol. The Bertz CT molecular complexity index is 1400. The Labute approximate surface area is 187 Å². The minimum Gasteiger partial charge on any atom is -0.466 e. The van der Waals surface area contributed by atoms with E-state index in [-0.39, 0.29) is 11.1 Å². The van der Waals surface area contributed by atoms with Gasteiger partial charge in [0.15, 0.2) is 4.80 Å². The lowest BCUT2D eigenvalue weighted by atomic mass is 9.96. The molecule has 3 aromatic rings. The summed E-state index contributed by atoms with van der Waals surface area (Å²) >= 11 is 1.26. The molecule has 8 heteroatoms. The molecule has 4 rings (SSSR count). The quantitative estimate of drug-likeness (QED) is 0.452. The molecule has 0 fully saturated rings. The number of esters is 2. The van der Waals surface area contributed by atoms with Gasteiger partial charge < -0.3 is 9.47 Å². The standard InChI is InChI=1S/C24H20N2O5S/c1-14-20(23(29)30-3)21(17-9-11-18(12-10-17)31-15(2)27)26-22(28)19(32-24(26)25-14)13-16-7-5-4-6-8-16/h4-13,21H,1-3H3/b19-13+. The van der Waals surface area contributed by atoms with Gasteiger partial charge in [-0.1, -0.05) is 53.8 Å². The highest BCUT2D eigenvalue weighted by atomic mass is 32.1. The summed E-state index contributed by atoms with van der Waals surface area (Å²) in [6.45, 7) is 3.04. The summed E-state index contributed by atoms with van der Waals surface area (Å²) in [5.74, 6) is -0.617. The number of carbonyl (C=O) groups excluding carboxylic acids is 2. The Balaban J connectivity index is 1.91. The van der Waals surface area contributed by atoms with Crippen LogP contribution in [-0.4, -0.2) is 23.6 Å². The number of aromatic nitrogens is 1. The molecule has 162 valence electrons. The van der Waals surface area contributed by atoms with Crippen LogP contribution in [0, 0.1) is 0 Å². The van der Waals surface area contributed by atoms with Crippen LogP contribution in [0.15, 0.2) is 75.7 Å². The first-order valence-corrected chi connectivity index (χ1v) is 10.6. The molecule has 1 aromatic heterocycles. The lowest BCUT2D eigenvalue weighted by molar-refractivity contribution is -0.136. The molecule has 32 heavy (non-hydrogen) atoms. The molecule has 0 N–H and O–H groups in total. The van der Waals surface area contributed by atoms with Crippen molar-refractivity contribution in [3.8, 4) is 5.75 Å². The predicted octanol–water partition coefficient (Wildman–Crippen LogP) is 2.33. The molecular weight excluding hydrogens is 428 g/mol. The molecular formula is C24H20N2O5S. The third-order valence-corrected chi connectivity index (χ3v) is 5.96. The van der Waals surface area contributed by atoms with Crippen LogP contribution in [0.1, 0.15) is 31.0 Å². The maximum absolute atomic E-state index is 13.4. The fraction of sp³-hybridized carbons (Fsp3) is 0.167. The summed E-state index contributed by atoms with van der Waals surface area (Å²) in [5, 5.41) is 0. The SMILES string of the molecule is COC(=O)C1=C(C)N=c2s/c(=C/c3ccccc3)c(=O)n2C1c1ccc(OC(C)=O)cc1. The van der Waals surface area contributed by atoms with E-state index < -0.39 is 18.0 Å². The third kappa shape index (κ3) is 4.04. The molecule has 1 aliphatic heterocycles. The highest BCUT2D eigenvalue weighted by molar-refractivity contribution is 7.07. The van der Waals surface area contributed by atoms with Crippen molar-refractivity contribution < 1.29 is 19.1 Å². The number of fused-ring (bicyclic) bond motifs is 1. The van der Waals surface area contributed by atoms with Crippen LogP contribution in [-0.2, 0) is 14.3 Å². The zero-order chi connectivity index (χ0) is 22.8. The van der Waals surface area contributed by atoms with E-state index in [2.05, 4.69) is 4.99 Å². The van der Waals surface area contributed by atoms with Crippen molar-refractivity contribution in [2.75, 3.05) is 7.11 Å². The van der Waals surface area contributed by atoms with Crippen LogP contribution in [0.3, 0.4) is 0 Å². The topological polar surface area (TPSA) is 87.0 Å². The van der Waals surface area contributed by atoms with Crippen LogP contribution in [0.4, 0.5) is 0 Å². The van der Waals surface area contributed by atoms with Gasteiger partial charge in [-0.3, -0.25) is 14.2 Å². The molecule has 0 saturated heterocycles. The highest BCUT2D eigenvalue weighted by Gasteiger charge is 2.33. The first kappa shape index (κ1) is 21.5. The van der Waals surface area contributed by atoms with E-state index >= 15 is 0 Å². The van der Waals surface area contributed by atoms with Crippen molar-refractivity contribution in [1.82, 2.24) is 4.57 Å². The number of hydrogen-bond donors (Lipinski definition) is 0. The minimum absolute atomic E-state index is 0.249. The Morgan fingerprint density at radius 2 is 1.78 bits per heavy atom. The van der Waals surface area contributed by atoms with Gasteiger partial charge in [0.05, 0.1) is 29.0 Å². The molecule has 0 radical (unpaired) electrons. The molecule has 1 aliphatic rings. The van der Waals surface area contributed by atoms with Gasteiger partial charge >= 0.3 is 11.9 Å². The van der Waals surface area contributed by atoms with Crippen LogP contribution in [0.5, 0.6) is 5.75 Å². The summed E-state index contributed by atoms with van der Waals surface area (Å²) in [5.41, 5.74) is 2.08. The van der Waals surface area contributed by atoms with Crippen LogP contribution in [0.2, 0.25) is 0 Å². The average Bonchev–Trinajstić information content (AvgIpc) is 3.07. The van der Waals surface area contributed by atoms with Crippen molar-refractivity contribution in [2.24, 2.45) is 4.99 Å². The van der Waals surface area contributed by atoms with E-state index in [9.17, 15) is 14.4 Å². The Kier molecular flexibility index (Phi) is 5.87. The Morgan fingerprint density at radius 1 is 1.09 bits per heavy atom. The second-order valence-corrected chi connectivity index (χ2v) is 8.16. The molecule has 7 nitrogen and oxygen atoms in total. The molecule has 1 atom stereocenters. The molecule has 0 bridgehead atoms. The minimum atomic E-state index is -0.719. The number of rotatable bonds is 4. The lowest BCUT2D eigenvalue weighted by Gasteiger charge is -2.24. The van der Waals surface area contributed by atoms with Gasteiger partial charge in [-0.25, -0.2) is 9.79 Å². The molecule has 2 heterocycles. The van der Waals surface area contributed by atoms with Gasteiger partial charge in [0.2, 0.25) is 0 Å². The third-order valence-electron chi connectivity index (χ3n) is 4.98. The number of ether oxygens (including phenoxy) is 2. The van der Waals surface area contributed by atoms with Gasteiger partial charge in [0.1, 0.15) is 5.75 Å². The summed E-state index contributed by atoms with van der Waals surface area (Å²) < 4.78 is 12.1.